The van der Waals surface area contributed by atoms with E-state index in [2.05, 4.69) is 20.7 Å². The van der Waals surface area contributed by atoms with Crippen LogP contribution < -0.4 is 10.5 Å². The Morgan fingerprint density at radius 1 is 1.47 bits per heavy atom. The van der Waals surface area contributed by atoms with E-state index >= 15 is 0 Å². The first-order valence-electron chi connectivity index (χ1n) is 5.82. The van der Waals surface area contributed by atoms with Gasteiger partial charge in [0.25, 0.3) is 0 Å². The van der Waals surface area contributed by atoms with Gasteiger partial charge >= 0.3 is 0 Å². The summed E-state index contributed by atoms with van der Waals surface area (Å²) in [7, 11) is -3.52. The summed E-state index contributed by atoms with van der Waals surface area (Å²) in [6, 6.07) is 3.28. The maximum atomic E-state index is 12.3. The molecule has 4 nitrogen and oxygen atoms in total. The summed E-state index contributed by atoms with van der Waals surface area (Å²) in [5, 5.41) is 0. The quantitative estimate of drug-likeness (QED) is 0.759. The van der Waals surface area contributed by atoms with Crippen LogP contribution in [0.1, 0.15) is 12.5 Å². The van der Waals surface area contributed by atoms with Crippen molar-refractivity contribution in [1.82, 2.24) is 4.72 Å². The second-order valence-electron chi connectivity index (χ2n) is 4.53. The molecule has 108 valence electrons. The Morgan fingerprint density at radius 3 is 2.68 bits per heavy atom. The zero-order chi connectivity index (χ0) is 14.6. The normalized spacial score (nSPS) is 13.5. The van der Waals surface area contributed by atoms with Crippen LogP contribution in [0.5, 0.6) is 0 Å². The van der Waals surface area contributed by atoms with Crippen LogP contribution in [0.2, 0.25) is 0 Å². The highest BCUT2D eigenvalue weighted by molar-refractivity contribution is 9.10. The molecule has 1 aromatic rings. The minimum absolute atomic E-state index is 0.232. The van der Waals surface area contributed by atoms with Gasteiger partial charge in [-0.05, 0) is 42.5 Å². The number of halogens is 1. The van der Waals surface area contributed by atoms with Crippen LogP contribution in [-0.2, 0) is 10.0 Å². The molecule has 3 N–H and O–H groups in total. The topological polar surface area (TPSA) is 72.2 Å². The fraction of sp³-hybridized carbons (Fsp3) is 0.500. The van der Waals surface area contributed by atoms with E-state index in [-0.39, 0.29) is 10.8 Å². The Morgan fingerprint density at radius 2 is 2.11 bits per heavy atom. The Balaban J connectivity index is 2.95. The zero-order valence-corrected chi connectivity index (χ0v) is 14.5. The lowest BCUT2D eigenvalue weighted by Gasteiger charge is -2.14. The molecule has 1 rings (SSSR count). The fourth-order valence-corrected chi connectivity index (χ4v) is 4.40. The van der Waals surface area contributed by atoms with Crippen molar-refractivity contribution in [3.63, 3.8) is 0 Å². The smallest absolute Gasteiger partial charge is 0.240 e. The molecule has 1 unspecified atom stereocenters. The molecule has 0 spiro atoms. The second kappa shape index (κ2) is 6.97. The molecular weight excluding hydrogens is 348 g/mol. The molecule has 0 amide bonds. The number of thioether (sulfide) groups is 1. The minimum Gasteiger partial charge on any atom is -0.398 e. The Bertz CT molecular complexity index is 547. The van der Waals surface area contributed by atoms with E-state index in [4.69, 9.17) is 5.73 Å². The summed E-state index contributed by atoms with van der Waals surface area (Å²) in [4.78, 5) is 0.232. The van der Waals surface area contributed by atoms with Crippen molar-refractivity contribution in [3.05, 3.63) is 22.2 Å². The summed E-state index contributed by atoms with van der Waals surface area (Å²) in [5.41, 5.74) is 6.84. The summed E-state index contributed by atoms with van der Waals surface area (Å²) < 4.78 is 27.8. The maximum Gasteiger partial charge on any atom is 0.240 e. The van der Waals surface area contributed by atoms with Crippen LogP contribution in [0.25, 0.3) is 0 Å². The van der Waals surface area contributed by atoms with Crippen LogP contribution in [0, 0.1) is 12.8 Å². The van der Waals surface area contributed by atoms with Crippen LogP contribution in [-0.4, -0.2) is 27.0 Å². The molecule has 0 aliphatic heterocycles. The number of nitrogens with two attached hydrogens (primary N) is 1. The minimum atomic E-state index is -3.52. The van der Waals surface area contributed by atoms with E-state index in [1.807, 2.05) is 13.2 Å². The highest BCUT2D eigenvalue weighted by Gasteiger charge is 2.19. The predicted octanol–water partition coefficient (Wildman–Crippen LogP) is 2.62. The Labute approximate surface area is 127 Å². The molecule has 0 radical (unpaired) electrons. The van der Waals surface area contributed by atoms with Gasteiger partial charge in [0.1, 0.15) is 0 Å². The molecular formula is C12H19BrN2O2S2. The SMILES string of the molecule is CSCC(C)CNS(=O)(=O)c1cc(Br)cc(N)c1C. The highest BCUT2D eigenvalue weighted by atomic mass is 79.9. The second-order valence-corrected chi connectivity index (χ2v) is 8.09. The summed E-state index contributed by atoms with van der Waals surface area (Å²) in [6.45, 7) is 4.15. The largest absolute Gasteiger partial charge is 0.398 e. The zero-order valence-electron chi connectivity index (χ0n) is 11.2. The van der Waals surface area contributed by atoms with Crippen LogP contribution in [0.3, 0.4) is 0 Å². The number of nitrogens with one attached hydrogen (secondary N) is 1. The van der Waals surface area contributed by atoms with E-state index < -0.39 is 10.0 Å². The third kappa shape index (κ3) is 4.66. The molecule has 0 saturated carbocycles. The number of anilines is 1. The van der Waals surface area contributed by atoms with Crippen molar-refractivity contribution in [3.8, 4) is 0 Å². The average Bonchev–Trinajstić information content (AvgIpc) is 2.31. The van der Waals surface area contributed by atoms with Crippen molar-refractivity contribution in [2.75, 3.05) is 24.3 Å². The number of hydrogen-bond donors (Lipinski definition) is 2. The first kappa shape index (κ1) is 16.8. The van der Waals surface area contributed by atoms with Gasteiger partial charge in [0.05, 0.1) is 4.90 Å². The maximum absolute atomic E-state index is 12.3. The van der Waals surface area contributed by atoms with Gasteiger partial charge in [-0.1, -0.05) is 22.9 Å². The van der Waals surface area contributed by atoms with Gasteiger partial charge in [0.15, 0.2) is 0 Å². The van der Waals surface area contributed by atoms with Crippen molar-refractivity contribution < 1.29 is 8.42 Å². The van der Waals surface area contributed by atoms with Crippen molar-refractivity contribution in [2.45, 2.75) is 18.7 Å². The average molecular weight is 367 g/mol. The molecule has 0 aliphatic rings. The molecule has 19 heavy (non-hydrogen) atoms. The molecule has 0 bridgehead atoms. The van der Waals surface area contributed by atoms with Crippen molar-refractivity contribution in [2.24, 2.45) is 5.92 Å². The highest BCUT2D eigenvalue weighted by Crippen LogP contribution is 2.26. The molecule has 1 atom stereocenters. The third-order valence-corrected chi connectivity index (χ3v) is 5.64. The number of benzene rings is 1. The molecule has 7 heteroatoms. The van der Waals surface area contributed by atoms with E-state index in [1.165, 1.54) is 0 Å². The lowest BCUT2D eigenvalue weighted by Crippen LogP contribution is -2.30. The van der Waals surface area contributed by atoms with Crippen LogP contribution >= 0.6 is 27.7 Å². The predicted molar refractivity (Wildman–Crippen MR) is 86.0 cm³/mol. The Kier molecular flexibility index (Phi) is 6.16. The van der Waals surface area contributed by atoms with Gasteiger partial charge in [-0.15, -0.1) is 0 Å². The monoisotopic (exact) mass is 366 g/mol. The van der Waals surface area contributed by atoms with E-state index in [1.54, 1.807) is 30.8 Å². The number of hydrogen-bond acceptors (Lipinski definition) is 4. The molecule has 0 saturated heterocycles. The van der Waals surface area contributed by atoms with Crippen LogP contribution in [0.4, 0.5) is 5.69 Å². The van der Waals surface area contributed by atoms with E-state index in [0.29, 0.717) is 22.3 Å². The number of rotatable bonds is 6. The standard InChI is InChI=1S/C12H19BrN2O2S2/c1-8(7-18-3)6-15-19(16,17)12-5-10(13)4-11(14)9(12)2/h4-5,8,15H,6-7,14H2,1-3H3. The summed E-state index contributed by atoms with van der Waals surface area (Å²) >= 11 is 4.97. The van der Waals surface area contributed by atoms with Crippen molar-refractivity contribution in [1.29, 1.82) is 0 Å². The number of sulfonamides is 1. The van der Waals surface area contributed by atoms with Gasteiger partial charge in [-0.25, -0.2) is 13.1 Å². The molecule has 0 fully saturated rings. The fourth-order valence-electron chi connectivity index (χ4n) is 1.63. The lowest BCUT2D eigenvalue weighted by molar-refractivity contribution is 0.562. The molecule has 0 aromatic heterocycles. The van der Waals surface area contributed by atoms with Crippen LogP contribution in [0.15, 0.2) is 21.5 Å². The third-order valence-electron chi connectivity index (χ3n) is 2.73. The lowest BCUT2D eigenvalue weighted by atomic mass is 10.2. The van der Waals surface area contributed by atoms with Gasteiger partial charge in [-0.3, -0.25) is 0 Å². The first-order chi connectivity index (χ1) is 8.77. The van der Waals surface area contributed by atoms with Crippen molar-refractivity contribution >= 4 is 43.4 Å². The Hall–Kier alpha value is -0.240. The molecule has 0 heterocycles. The van der Waals surface area contributed by atoms with Gasteiger partial charge < -0.3 is 5.73 Å². The number of nitrogen functional groups attached to an aromatic ring is 1. The van der Waals surface area contributed by atoms with Gasteiger partial charge in [0, 0.05) is 16.7 Å². The molecule has 0 aliphatic carbocycles. The summed E-state index contributed by atoms with van der Waals surface area (Å²) in [6.07, 6.45) is 2.00. The van der Waals surface area contributed by atoms with E-state index in [9.17, 15) is 8.42 Å². The molecule has 1 aromatic carbocycles. The first-order valence-corrected chi connectivity index (χ1v) is 9.49. The van der Waals surface area contributed by atoms with Gasteiger partial charge in [0.2, 0.25) is 10.0 Å². The summed E-state index contributed by atoms with van der Waals surface area (Å²) in [5.74, 6) is 1.21. The van der Waals surface area contributed by atoms with Gasteiger partial charge in [-0.2, -0.15) is 11.8 Å². The van der Waals surface area contributed by atoms with E-state index in [0.717, 1.165) is 5.75 Å².